The number of benzene rings is 1. The minimum atomic E-state index is -0.459. The Morgan fingerprint density at radius 1 is 1.44 bits per heavy atom. The van der Waals surface area contributed by atoms with Gasteiger partial charge in [0.25, 0.3) is 0 Å². The number of ether oxygens (including phenoxy) is 3. The average Bonchev–Trinajstić information content (AvgIpc) is 2.82. The number of cyclic esters (lactones) is 1. The molecule has 0 aliphatic carbocycles. The van der Waals surface area contributed by atoms with E-state index in [9.17, 15) is 9.59 Å². The fourth-order valence-electron chi connectivity index (χ4n) is 1.87. The van der Waals surface area contributed by atoms with Gasteiger partial charge in [-0.1, -0.05) is 18.2 Å². The van der Waals surface area contributed by atoms with Gasteiger partial charge < -0.3 is 14.2 Å². The lowest BCUT2D eigenvalue weighted by molar-refractivity contribution is -0.142. The molecule has 96 valence electrons. The van der Waals surface area contributed by atoms with Crippen molar-refractivity contribution < 1.29 is 23.8 Å². The Morgan fingerprint density at radius 3 is 2.89 bits per heavy atom. The predicted octanol–water partition coefficient (Wildman–Crippen LogP) is 1.27. The summed E-state index contributed by atoms with van der Waals surface area (Å²) >= 11 is 0. The number of hydrogen-bond donors (Lipinski definition) is 0. The Bertz CT molecular complexity index is 454. The molecule has 5 heteroatoms. The van der Waals surface area contributed by atoms with Gasteiger partial charge in [-0.15, -0.1) is 0 Å². The molecule has 1 aromatic rings. The third-order valence-corrected chi connectivity index (χ3v) is 2.80. The second-order valence-corrected chi connectivity index (χ2v) is 3.91. The highest BCUT2D eigenvalue weighted by atomic mass is 16.6. The minimum absolute atomic E-state index is 0.171. The summed E-state index contributed by atoms with van der Waals surface area (Å²) in [5.74, 6) is -0.492. The maximum atomic E-state index is 11.6. The molecule has 0 aromatic heterocycles. The molecular weight excluding hydrogens is 236 g/mol. The third kappa shape index (κ3) is 2.61. The van der Waals surface area contributed by atoms with E-state index in [4.69, 9.17) is 9.47 Å². The van der Waals surface area contributed by atoms with Crippen LogP contribution in [-0.2, 0) is 19.1 Å². The van der Waals surface area contributed by atoms with Crippen molar-refractivity contribution in [2.45, 2.75) is 12.3 Å². The van der Waals surface area contributed by atoms with E-state index in [1.54, 1.807) is 12.1 Å². The van der Waals surface area contributed by atoms with Gasteiger partial charge in [0.2, 0.25) is 0 Å². The highest BCUT2D eigenvalue weighted by Gasteiger charge is 2.30. The fraction of sp³-hybridized carbons (Fsp3) is 0.385. The first kappa shape index (κ1) is 12.4. The zero-order valence-electron chi connectivity index (χ0n) is 10.0. The smallest absolute Gasteiger partial charge is 0.343 e. The molecule has 0 amide bonds. The van der Waals surface area contributed by atoms with Crippen LogP contribution in [0.5, 0.6) is 5.75 Å². The molecule has 1 atom stereocenters. The van der Waals surface area contributed by atoms with Crippen molar-refractivity contribution in [3.05, 3.63) is 29.8 Å². The van der Waals surface area contributed by atoms with Crippen LogP contribution in [0.3, 0.4) is 0 Å². The minimum Gasteiger partial charge on any atom is -0.482 e. The molecule has 1 aromatic carbocycles. The molecule has 1 heterocycles. The van der Waals surface area contributed by atoms with E-state index < -0.39 is 5.97 Å². The van der Waals surface area contributed by atoms with Crippen molar-refractivity contribution in [1.29, 1.82) is 0 Å². The third-order valence-electron chi connectivity index (χ3n) is 2.80. The average molecular weight is 250 g/mol. The summed E-state index contributed by atoms with van der Waals surface area (Å²) in [5, 5.41) is 0. The maximum Gasteiger partial charge on any atom is 0.343 e. The van der Waals surface area contributed by atoms with E-state index in [1.165, 1.54) is 7.11 Å². The Labute approximate surface area is 105 Å². The zero-order chi connectivity index (χ0) is 13.0. The van der Waals surface area contributed by atoms with Crippen LogP contribution in [-0.4, -0.2) is 32.3 Å². The van der Waals surface area contributed by atoms with Crippen LogP contribution in [0.15, 0.2) is 24.3 Å². The normalized spacial score (nSPS) is 18.3. The largest absolute Gasteiger partial charge is 0.482 e. The van der Waals surface area contributed by atoms with Crippen molar-refractivity contribution in [3.63, 3.8) is 0 Å². The van der Waals surface area contributed by atoms with Crippen LogP contribution in [0.2, 0.25) is 0 Å². The van der Waals surface area contributed by atoms with Crippen LogP contribution in [0.1, 0.15) is 17.9 Å². The van der Waals surface area contributed by atoms with E-state index in [-0.39, 0.29) is 18.5 Å². The van der Waals surface area contributed by atoms with Crippen molar-refractivity contribution in [2.24, 2.45) is 0 Å². The van der Waals surface area contributed by atoms with Gasteiger partial charge in [-0.25, -0.2) is 4.79 Å². The number of hydrogen-bond acceptors (Lipinski definition) is 5. The number of methoxy groups -OCH3 is 1. The van der Waals surface area contributed by atoms with Gasteiger partial charge in [0.15, 0.2) is 6.61 Å². The topological polar surface area (TPSA) is 61.8 Å². The molecule has 1 fully saturated rings. The van der Waals surface area contributed by atoms with E-state index in [0.29, 0.717) is 18.8 Å². The Morgan fingerprint density at radius 2 is 2.22 bits per heavy atom. The van der Waals surface area contributed by atoms with E-state index in [0.717, 1.165) is 5.56 Å². The van der Waals surface area contributed by atoms with Gasteiger partial charge >= 0.3 is 11.9 Å². The fourth-order valence-corrected chi connectivity index (χ4v) is 1.87. The molecule has 0 N–H and O–H groups in total. The lowest BCUT2D eigenvalue weighted by Gasteiger charge is -2.13. The number of esters is 2. The number of carbonyl (C=O) groups excluding carboxylic acids is 2. The molecule has 0 saturated carbocycles. The van der Waals surface area contributed by atoms with Crippen molar-refractivity contribution >= 4 is 11.9 Å². The molecule has 1 unspecified atom stereocenters. The van der Waals surface area contributed by atoms with Gasteiger partial charge in [0.1, 0.15) is 5.75 Å². The van der Waals surface area contributed by atoms with Crippen LogP contribution >= 0.6 is 0 Å². The molecule has 0 spiro atoms. The van der Waals surface area contributed by atoms with E-state index in [2.05, 4.69) is 4.74 Å². The standard InChI is InChI=1S/C13H14O5/c1-16-12(14)8-18-11-5-3-2-4-9(11)10-6-7-17-13(10)15/h2-5,10H,6-8H2,1H3. The molecule has 18 heavy (non-hydrogen) atoms. The van der Waals surface area contributed by atoms with Crippen LogP contribution in [0.4, 0.5) is 0 Å². The highest BCUT2D eigenvalue weighted by molar-refractivity contribution is 5.81. The van der Waals surface area contributed by atoms with Gasteiger partial charge in [-0.3, -0.25) is 4.79 Å². The van der Waals surface area contributed by atoms with Crippen molar-refractivity contribution in [1.82, 2.24) is 0 Å². The van der Waals surface area contributed by atoms with Crippen molar-refractivity contribution in [3.8, 4) is 5.75 Å². The highest BCUT2D eigenvalue weighted by Crippen LogP contribution is 2.33. The zero-order valence-corrected chi connectivity index (χ0v) is 10.0. The summed E-state index contributed by atoms with van der Waals surface area (Å²) < 4.78 is 14.8. The lowest BCUT2D eigenvalue weighted by Crippen LogP contribution is -2.15. The van der Waals surface area contributed by atoms with Gasteiger partial charge in [0.05, 0.1) is 19.6 Å². The SMILES string of the molecule is COC(=O)COc1ccccc1C1CCOC1=O. The summed E-state index contributed by atoms with van der Waals surface area (Å²) in [6, 6.07) is 7.15. The number of carbonyl (C=O) groups is 2. The molecule has 0 radical (unpaired) electrons. The maximum absolute atomic E-state index is 11.6. The quantitative estimate of drug-likeness (QED) is 0.753. The summed E-state index contributed by atoms with van der Waals surface area (Å²) in [5.41, 5.74) is 0.754. The Balaban J connectivity index is 2.15. The summed E-state index contributed by atoms with van der Waals surface area (Å²) in [7, 11) is 1.30. The van der Waals surface area contributed by atoms with Crippen LogP contribution < -0.4 is 4.74 Å². The Hall–Kier alpha value is -2.04. The molecular formula is C13H14O5. The molecule has 1 aliphatic heterocycles. The Kier molecular flexibility index (Phi) is 3.82. The second-order valence-electron chi connectivity index (χ2n) is 3.91. The van der Waals surface area contributed by atoms with Gasteiger partial charge in [-0.05, 0) is 12.5 Å². The number of rotatable bonds is 4. The lowest BCUT2D eigenvalue weighted by atomic mass is 9.97. The second kappa shape index (κ2) is 5.53. The van der Waals surface area contributed by atoms with Gasteiger partial charge in [-0.2, -0.15) is 0 Å². The number of para-hydroxylation sites is 1. The molecule has 2 rings (SSSR count). The van der Waals surface area contributed by atoms with E-state index in [1.807, 2.05) is 12.1 Å². The first-order valence-electron chi connectivity index (χ1n) is 5.67. The van der Waals surface area contributed by atoms with Crippen LogP contribution in [0.25, 0.3) is 0 Å². The molecule has 1 aliphatic rings. The molecule has 1 saturated heterocycles. The summed E-state index contributed by atoms with van der Waals surface area (Å²) in [4.78, 5) is 22.6. The molecule has 5 nitrogen and oxygen atoms in total. The first-order chi connectivity index (χ1) is 8.72. The van der Waals surface area contributed by atoms with E-state index >= 15 is 0 Å². The summed E-state index contributed by atoms with van der Waals surface area (Å²) in [6.45, 7) is 0.254. The first-order valence-corrected chi connectivity index (χ1v) is 5.67. The van der Waals surface area contributed by atoms with Crippen molar-refractivity contribution in [2.75, 3.05) is 20.3 Å². The van der Waals surface area contributed by atoms with Crippen LogP contribution in [0, 0.1) is 0 Å². The predicted molar refractivity (Wildman–Crippen MR) is 62.3 cm³/mol. The monoisotopic (exact) mass is 250 g/mol. The summed E-state index contributed by atoms with van der Waals surface area (Å²) in [6.07, 6.45) is 0.636. The van der Waals surface area contributed by atoms with Gasteiger partial charge in [0, 0.05) is 5.56 Å². The molecule has 0 bridgehead atoms.